The van der Waals surface area contributed by atoms with Gasteiger partial charge >= 0.3 is 0 Å². The molecule has 2 nitrogen and oxygen atoms in total. The second-order valence-corrected chi connectivity index (χ2v) is 5.60. The molecule has 0 spiro atoms. The molecule has 1 aromatic carbocycles. The first-order valence-corrected chi connectivity index (χ1v) is 7.25. The van der Waals surface area contributed by atoms with Gasteiger partial charge in [-0.15, -0.1) is 0 Å². The van der Waals surface area contributed by atoms with Gasteiger partial charge < -0.3 is 5.32 Å². The van der Waals surface area contributed by atoms with E-state index in [1.165, 1.54) is 33.4 Å². The lowest BCUT2D eigenvalue weighted by Gasteiger charge is -2.23. The van der Waals surface area contributed by atoms with E-state index in [0.717, 1.165) is 6.54 Å². The van der Waals surface area contributed by atoms with Crippen LogP contribution in [0.5, 0.6) is 0 Å². The molecule has 20 heavy (non-hydrogen) atoms. The van der Waals surface area contributed by atoms with E-state index in [1.807, 2.05) is 12.4 Å². The topological polar surface area (TPSA) is 24.9 Å². The van der Waals surface area contributed by atoms with Crippen molar-refractivity contribution in [1.82, 2.24) is 10.3 Å². The Hall–Kier alpha value is -1.67. The standard InChI is InChI=1S/C18H24N2/c1-6-20-18(16-9-13(3)10-19-11-16)17-14(4)7-12(2)8-15(17)5/h7-11,18,20H,6H2,1-5H3. The molecule has 0 fully saturated rings. The van der Waals surface area contributed by atoms with E-state index in [-0.39, 0.29) is 6.04 Å². The number of aromatic nitrogens is 1. The lowest BCUT2D eigenvalue weighted by molar-refractivity contribution is 0.622. The van der Waals surface area contributed by atoms with Crippen molar-refractivity contribution < 1.29 is 0 Å². The van der Waals surface area contributed by atoms with Crippen molar-refractivity contribution in [3.8, 4) is 0 Å². The predicted octanol–water partition coefficient (Wildman–Crippen LogP) is 4.01. The molecule has 1 atom stereocenters. The summed E-state index contributed by atoms with van der Waals surface area (Å²) in [5, 5.41) is 3.60. The molecule has 1 unspecified atom stereocenters. The number of nitrogens with zero attached hydrogens (tertiary/aromatic N) is 1. The van der Waals surface area contributed by atoms with E-state index in [9.17, 15) is 0 Å². The minimum atomic E-state index is 0.216. The van der Waals surface area contributed by atoms with Crippen LogP contribution in [0.15, 0.2) is 30.6 Å². The summed E-state index contributed by atoms with van der Waals surface area (Å²) in [7, 11) is 0. The molecule has 0 aliphatic heterocycles. The Balaban J connectivity index is 2.54. The van der Waals surface area contributed by atoms with E-state index in [0.29, 0.717) is 0 Å². The Morgan fingerprint density at radius 3 is 2.15 bits per heavy atom. The molecule has 1 aromatic heterocycles. The number of pyridine rings is 1. The zero-order chi connectivity index (χ0) is 14.7. The molecule has 106 valence electrons. The molecule has 0 bridgehead atoms. The van der Waals surface area contributed by atoms with Gasteiger partial charge in [0.05, 0.1) is 6.04 Å². The van der Waals surface area contributed by atoms with Gasteiger partial charge in [0.1, 0.15) is 0 Å². The Morgan fingerprint density at radius 2 is 1.60 bits per heavy atom. The second-order valence-electron chi connectivity index (χ2n) is 5.60. The average molecular weight is 268 g/mol. The Morgan fingerprint density at radius 1 is 0.950 bits per heavy atom. The summed E-state index contributed by atoms with van der Waals surface area (Å²) < 4.78 is 0. The normalized spacial score (nSPS) is 12.4. The van der Waals surface area contributed by atoms with E-state index >= 15 is 0 Å². The van der Waals surface area contributed by atoms with Gasteiger partial charge in [-0.2, -0.15) is 0 Å². The molecular weight excluding hydrogens is 244 g/mol. The lowest BCUT2D eigenvalue weighted by atomic mass is 9.90. The minimum Gasteiger partial charge on any atom is -0.306 e. The van der Waals surface area contributed by atoms with Gasteiger partial charge in [-0.25, -0.2) is 0 Å². The summed E-state index contributed by atoms with van der Waals surface area (Å²) in [6.45, 7) is 11.7. The molecule has 0 radical (unpaired) electrons. The summed E-state index contributed by atoms with van der Waals surface area (Å²) in [5.41, 5.74) is 7.82. The summed E-state index contributed by atoms with van der Waals surface area (Å²) in [5.74, 6) is 0. The third-order valence-corrected chi connectivity index (χ3v) is 3.66. The zero-order valence-electron chi connectivity index (χ0n) is 13.1. The minimum absolute atomic E-state index is 0.216. The lowest BCUT2D eigenvalue weighted by Crippen LogP contribution is -2.24. The number of rotatable bonds is 4. The molecule has 0 aliphatic carbocycles. The van der Waals surface area contributed by atoms with Crippen molar-refractivity contribution in [2.45, 2.75) is 40.7 Å². The summed E-state index contributed by atoms with van der Waals surface area (Å²) >= 11 is 0. The molecule has 2 heteroatoms. The highest BCUT2D eigenvalue weighted by molar-refractivity contribution is 5.44. The van der Waals surface area contributed by atoms with Crippen molar-refractivity contribution in [2.24, 2.45) is 0 Å². The monoisotopic (exact) mass is 268 g/mol. The van der Waals surface area contributed by atoms with E-state index in [2.05, 4.69) is 63.1 Å². The van der Waals surface area contributed by atoms with Crippen LogP contribution < -0.4 is 5.32 Å². The molecule has 0 aliphatic rings. The van der Waals surface area contributed by atoms with Crippen LogP contribution in [0.4, 0.5) is 0 Å². The fraction of sp³-hybridized carbons (Fsp3) is 0.389. The van der Waals surface area contributed by atoms with Crippen molar-refractivity contribution >= 4 is 0 Å². The predicted molar refractivity (Wildman–Crippen MR) is 85.1 cm³/mol. The van der Waals surface area contributed by atoms with Crippen LogP contribution in [0.1, 0.15) is 46.3 Å². The fourth-order valence-corrected chi connectivity index (χ4v) is 2.97. The van der Waals surface area contributed by atoms with Crippen LogP contribution in [0.2, 0.25) is 0 Å². The maximum absolute atomic E-state index is 4.35. The van der Waals surface area contributed by atoms with Crippen LogP contribution in [-0.2, 0) is 0 Å². The van der Waals surface area contributed by atoms with Gasteiger partial charge in [0, 0.05) is 12.4 Å². The molecule has 0 amide bonds. The maximum atomic E-state index is 4.35. The number of nitrogens with one attached hydrogen (secondary N) is 1. The van der Waals surface area contributed by atoms with Gasteiger partial charge in [-0.1, -0.05) is 30.7 Å². The number of hydrogen-bond donors (Lipinski definition) is 1. The summed E-state index contributed by atoms with van der Waals surface area (Å²) in [4.78, 5) is 4.35. The van der Waals surface area contributed by atoms with Gasteiger partial charge in [0.2, 0.25) is 0 Å². The van der Waals surface area contributed by atoms with Crippen molar-refractivity contribution in [1.29, 1.82) is 0 Å². The van der Waals surface area contributed by atoms with Gasteiger partial charge in [-0.05, 0) is 62.1 Å². The smallest absolute Gasteiger partial charge is 0.0597 e. The first kappa shape index (κ1) is 14.7. The number of hydrogen-bond acceptors (Lipinski definition) is 2. The molecule has 0 saturated carbocycles. The first-order chi connectivity index (χ1) is 9.52. The van der Waals surface area contributed by atoms with Gasteiger partial charge in [0.15, 0.2) is 0 Å². The quantitative estimate of drug-likeness (QED) is 0.906. The Bertz CT molecular complexity index is 579. The van der Waals surface area contributed by atoms with E-state index < -0.39 is 0 Å². The third-order valence-electron chi connectivity index (χ3n) is 3.66. The molecule has 1 N–H and O–H groups in total. The number of aryl methyl sites for hydroxylation is 4. The largest absolute Gasteiger partial charge is 0.306 e. The highest BCUT2D eigenvalue weighted by Crippen LogP contribution is 2.28. The summed E-state index contributed by atoms with van der Waals surface area (Å²) in [6, 6.07) is 6.96. The van der Waals surface area contributed by atoms with Crippen LogP contribution in [0, 0.1) is 27.7 Å². The molecule has 2 aromatic rings. The van der Waals surface area contributed by atoms with E-state index in [1.54, 1.807) is 0 Å². The number of benzene rings is 1. The molecular formula is C18H24N2. The average Bonchev–Trinajstić information content (AvgIpc) is 2.36. The molecule has 2 rings (SSSR count). The van der Waals surface area contributed by atoms with Crippen molar-refractivity contribution in [2.75, 3.05) is 6.54 Å². The van der Waals surface area contributed by atoms with Gasteiger partial charge in [0.25, 0.3) is 0 Å². The van der Waals surface area contributed by atoms with Crippen LogP contribution >= 0.6 is 0 Å². The second kappa shape index (κ2) is 6.19. The fourth-order valence-electron chi connectivity index (χ4n) is 2.97. The van der Waals surface area contributed by atoms with E-state index in [4.69, 9.17) is 0 Å². The van der Waals surface area contributed by atoms with Crippen LogP contribution in [-0.4, -0.2) is 11.5 Å². The van der Waals surface area contributed by atoms with Crippen molar-refractivity contribution in [3.63, 3.8) is 0 Å². The van der Waals surface area contributed by atoms with Crippen molar-refractivity contribution in [3.05, 3.63) is 64.0 Å². The maximum Gasteiger partial charge on any atom is 0.0597 e. The third kappa shape index (κ3) is 3.07. The Labute approximate surface area is 122 Å². The first-order valence-electron chi connectivity index (χ1n) is 7.25. The Kier molecular flexibility index (Phi) is 4.56. The highest BCUT2D eigenvalue weighted by Gasteiger charge is 2.18. The molecule has 0 saturated heterocycles. The van der Waals surface area contributed by atoms with Gasteiger partial charge in [-0.3, -0.25) is 4.98 Å². The molecule has 1 heterocycles. The summed E-state index contributed by atoms with van der Waals surface area (Å²) in [6.07, 6.45) is 3.88. The SMILES string of the molecule is CCNC(c1cncc(C)c1)c1c(C)cc(C)cc1C. The highest BCUT2D eigenvalue weighted by atomic mass is 14.9. The van der Waals surface area contributed by atoms with Crippen LogP contribution in [0.3, 0.4) is 0 Å². The van der Waals surface area contributed by atoms with Crippen LogP contribution in [0.25, 0.3) is 0 Å². The zero-order valence-corrected chi connectivity index (χ0v) is 13.1.